The van der Waals surface area contributed by atoms with Crippen molar-refractivity contribution in [3.63, 3.8) is 0 Å². The number of carbonyl (C=O) groups excluding carboxylic acids is 2. The molecule has 1 atom stereocenters. The van der Waals surface area contributed by atoms with Crippen LogP contribution >= 0.6 is 0 Å². The Bertz CT molecular complexity index is 335. The number of carboxylic acid groups (broad SMARTS) is 1. The van der Waals surface area contributed by atoms with E-state index >= 15 is 0 Å². The van der Waals surface area contributed by atoms with Crippen LogP contribution in [0, 0.1) is 12.3 Å². The number of aliphatic carboxylic acids is 1. The van der Waals surface area contributed by atoms with E-state index in [4.69, 9.17) is 17.3 Å². The Balaban J connectivity index is 4.07. The van der Waals surface area contributed by atoms with Gasteiger partial charge in [0.05, 0.1) is 0 Å². The first-order valence-corrected chi connectivity index (χ1v) is 4.96. The van der Waals surface area contributed by atoms with E-state index in [0.29, 0.717) is 6.42 Å². The number of carbonyl (C=O) groups is 3. The first kappa shape index (κ1) is 14.8. The second kappa shape index (κ2) is 7.98. The van der Waals surface area contributed by atoms with Gasteiger partial charge in [-0.05, 0) is 6.42 Å². The van der Waals surface area contributed by atoms with Crippen molar-refractivity contribution in [2.45, 2.75) is 25.3 Å². The van der Waals surface area contributed by atoms with E-state index in [1.807, 2.05) is 0 Å². The number of urea groups is 1. The lowest BCUT2D eigenvalue weighted by Crippen LogP contribution is -2.46. The van der Waals surface area contributed by atoms with Gasteiger partial charge in [-0.15, -0.1) is 12.3 Å². The van der Waals surface area contributed by atoms with Gasteiger partial charge in [-0.1, -0.05) is 0 Å². The number of primary amides is 1. The summed E-state index contributed by atoms with van der Waals surface area (Å²) < 4.78 is 0. The van der Waals surface area contributed by atoms with E-state index in [1.165, 1.54) is 0 Å². The number of nitrogens with one attached hydrogen (secondary N) is 2. The topological polar surface area (TPSA) is 122 Å². The summed E-state index contributed by atoms with van der Waals surface area (Å²) in [5.74, 6) is 0.476. The Morgan fingerprint density at radius 3 is 2.53 bits per heavy atom. The van der Waals surface area contributed by atoms with E-state index in [-0.39, 0.29) is 19.4 Å². The summed E-state index contributed by atoms with van der Waals surface area (Å²) >= 11 is 0. The molecule has 0 aromatic rings. The molecule has 0 saturated carbocycles. The molecule has 0 spiro atoms. The third kappa shape index (κ3) is 7.67. The van der Waals surface area contributed by atoms with Gasteiger partial charge in [-0.2, -0.15) is 0 Å². The second-order valence-corrected chi connectivity index (χ2v) is 3.25. The summed E-state index contributed by atoms with van der Waals surface area (Å²) in [7, 11) is 0. The second-order valence-electron chi connectivity index (χ2n) is 3.25. The lowest BCUT2D eigenvalue weighted by Gasteiger charge is -2.13. The Kier molecular flexibility index (Phi) is 6.94. The van der Waals surface area contributed by atoms with Gasteiger partial charge in [0.15, 0.2) is 0 Å². The highest BCUT2D eigenvalue weighted by Gasteiger charge is 2.19. The van der Waals surface area contributed by atoms with Gasteiger partial charge < -0.3 is 21.5 Å². The van der Waals surface area contributed by atoms with Crippen molar-refractivity contribution < 1.29 is 19.5 Å². The molecule has 3 amide bonds. The Morgan fingerprint density at radius 1 is 1.41 bits per heavy atom. The number of hydrogen-bond acceptors (Lipinski definition) is 3. The van der Waals surface area contributed by atoms with E-state index in [2.05, 4.69) is 16.6 Å². The Morgan fingerprint density at radius 2 is 2.06 bits per heavy atom. The van der Waals surface area contributed by atoms with Gasteiger partial charge in [0.1, 0.15) is 6.04 Å². The summed E-state index contributed by atoms with van der Waals surface area (Å²) in [5.41, 5.74) is 4.89. The Hall–Kier alpha value is -2.23. The van der Waals surface area contributed by atoms with Crippen LogP contribution in [-0.4, -0.2) is 35.6 Å². The number of terminal acetylenes is 1. The smallest absolute Gasteiger partial charge is 0.326 e. The highest BCUT2D eigenvalue weighted by molar-refractivity contribution is 5.83. The summed E-state index contributed by atoms with van der Waals surface area (Å²) in [4.78, 5) is 32.5. The van der Waals surface area contributed by atoms with Crippen molar-refractivity contribution in [2.24, 2.45) is 5.73 Å². The van der Waals surface area contributed by atoms with Crippen molar-refractivity contribution >= 4 is 17.9 Å². The fourth-order valence-electron chi connectivity index (χ4n) is 1.00. The maximum Gasteiger partial charge on any atom is 0.326 e. The molecule has 0 heterocycles. The Labute approximate surface area is 98.7 Å². The molecule has 0 aromatic heterocycles. The lowest BCUT2D eigenvalue weighted by molar-refractivity contribution is -0.139. The molecule has 0 bridgehead atoms. The van der Waals surface area contributed by atoms with Gasteiger partial charge in [0.25, 0.3) is 0 Å². The van der Waals surface area contributed by atoms with E-state index in [9.17, 15) is 14.4 Å². The summed E-state index contributed by atoms with van der Waals surface area (Å²) in [6, 6.07) is -1.79. The quantitative estimate of drug-likeness (QED) is 0.338. The first-order chi connectivity index (χ1) is 7.97. The molecule has 5 N–H and O–H groups in total. The number of hydrogen-bond donors (Lipinski definition) is 4. The fraction of sp³-hybridized carbons (Fsp3) is 0.500. The van der Waals surface area contributed by atoms with Crippen LogP contribution in [0.15, 0.2) is 0 Å². The van der Waals surface area contributed by atoms with Gasteiger partial charge in [-0.25, -0.2) is 9.59 Å². The standard InChI is InChI=1S/C10H15N3O4/c1-2-3-6-12-10(17)13-7(9(15)16)4-5-8(11)14/h1,7H,3-6H2,(H2,11,14)(H,15,16)(H2,12,13,17)/t7-/m1/s1. The monoisotopic (exact) mass is 241 g/mol. The molecule has 0 aromatic carbocycles. The average molecular weight is 241 g/mol. The van der Waals surface area contributed by atoms with Crippen LogP contribution in [0.5, 0.6) is 0 Å². The molecule has 0 aliphatic rings. The van der Waals surface area contributed by atoms with Gasteiger partial charge in [0.2, 0.25) is 5.91 Å². The molecule has 94 valence electrons. The molecule has 17 heavy (non-hydrogen) atoms. The van der Waals surface area contributed by atoms with Crippen molar-refractivity contribution in [3.05, 3.63) is 0 Å². The van der Waals surface area contributed by atoms with Crippen molar-refractivity contribution in [2.75, 3.05) is 6.54 Å². The van der Waals surface area contributed by atoms with Gasteiger partial charge in [0, 0.05) is 19.4 Å². The molecule has 0 radical (unpaired) electrons. The molecular formula is C10H15N3O4. The van der Waals surface area contributed by atoms with Crippen LogP contribution in [-0.2, 0) is 9.59 Å². The van der Waals surface area contributed by atoms with E-state index < -0.39 is 23.9 Å². The molecule has 7 nitrogen and oxygen atoms in total. The zero-order chi connectivity index (χ0) is 13.3. The zero-order valence-electron chi connectivity index (χ0n) is 9.23. The molecule has 0 rings (SSSR count). The van der Waals surface area contributed by atoms with Crippen LogP contribution in [0.3, 0.4) is 0 Å². The predicted molar refractivity (Wildman–Crippen MR) is 59.8 cm³/mol. The SMILES string of the molecule is C#CCCNC(=O)N[C@H](CCC(N)=O)C(=O)O. The van der Waals surface area contributed by atoms with Crippen LogP contribution < -0.4 is 16.4 Å². The minimum Gasteiger partial charge on any atom is -0.480 e. The molecule has 0 aliphatic carbocycles. The van der Waals surface area contributed by atoms with Gasteiger partial charge >= 0.3 is 12.0 Å². The maximum absolute atomic E-state index is 11.2. The summed E-state index contributed by atoms with van der Waals surface area (Å²) in [6.45, 7) is 0.254. The summed E-state index contributed by atoms with van der Waals surface area (Å²) in [6.07, 6.45) is 5.17. The highest BCUT2D eigenvalue weighted by atomic mass is 16.4. The largest absolute Gasteiger partial charge is 0.480 e. The molecule has 0 aliphatic heterocycles. The van der Waals surface area contributed by atoms with Crippen molar-refractivity contribution in [1.82, 2.24) is 10.6 Å². The highest BCUT2D eigenvalue weighted by Crippen LogP contribution is 1.97. The predicted octanol–water partition coefficient (Wildman–Crippen LogP) is -0.972. The third-order valence-corrected chi connectivity index (χ3v) is 1.84. The van der Waals surface area contributed by atoms with E-state index in [0.717, 1.165) is 0 Å². The number of carboxylic acids is 1. The molecule has 0 saturated heterocycles. The number of nitrogens with two attached hydrogens (primary N) is 1. The minimum absolute atomic E-state index is 0.0484. The molecule has 7 heteroatoms. The van der Waals surface area contributed by atoms with Crippen molar-refractivity contribution in [1.29, 1.82) is 0 Å². The molecular weight excluding hydrogens is 226 g/mol. The van der Waals surface area contributed by atoms with Crippen LogP contribution in [0.2, 0.25) is 0 Å². The van der Waals surface area contributed by atoms with Gasteiger partial charge in [-0.3, -0.25) is 4.79 Å². The molecule has 0 fully saturated rings. The zero-order valence-corrected chi connectivity index (χ0v) is 9.23. The van der Waals surface area contributed by atoms with Crippen molar-refractivity contribution in [3.8, 4) is 12.3 Å². The average Bonchev–Trinajstić information content (AvgIpc) is 2.23. The van der Waals surface area contributed by atoms with E-state index in [1.54, 1.807) is 0 Å². The summed E-state index contributed by atoms with van der Waals surface area (Å²) in [5, 5.41) is 13.4. The normalized spacial score (nSPS) is 11.0. The number of amides is 3. The molecule has 0 unspecified atom stereocenters. The minimum atomic E-state index is -1.22. The van der Waals surface area contributed by atoms with Crippen LogP contribution in [0.1, 0.15) is 19.3 Å². The van der Waals surface area contributed by atoms with Crippen LogP contribution in [0.25, 0.3) is 0 Å². The third-order valence-electron chi connectivity index (χ3n) is 1.84. The lowest BCUT2D eigenvalue weighted by atomic mass is 10.1. The maximum atomic E-state index is 11.2. The number of rotatable bonds is 7. The first-order valence-electron chi connectivity index (χ1n) is 4.96. The van der Waals surface area contributed by atoms with Crippen LogP contribution in [0.4, 0.5) is 4.79 Å². The fourth-order valence-corrected chi connectivity index (χ4v) is 1.00.